The smallest absolute Gasteiger partial charge is 0.273 e. The van der Waals surface area contributed by atoms with Gasteiger partial charge in [0.05, 0.1) is 10.4 Å². The molecule has 4 rings (SSSR count). The third-order valence-corrected chi connectivity index (χ3v) is 6.35. The zero-order valence-corrected chi connectivity index (χ0v) is 17.5. The summed E-state index contributed by atoms with van der Waals surface area (Å²) in [5, 5.41) is 15.7. The SMILES string of the molecule is C=C1CC/C(=C\Cc2nnc(C(=O)NC)c3sc(-c4ccc(C)cc4)cc23)NC1. The normalized spacial score (nSPS) is 15.5. The highest BCUT2D eigenvalue weighted by atomic mass is 32.1. The van der Waals surface area contributed by atoms with E-state index < -0.39 is 0 Å². The number of amides is 1. The van der Waals surface area contributed by atoms with Crippen molar-refractivity contribution >= 4 is 27.3 Å². The largest absolute Gasteiger partial charge is 0.385 e. The highest BCUT2D eigenvalue weighted by molar-refractivity contribution is 7.22. The molecular weight excluding hydrogens is 380 g/mol. The number of nitrogens with one attached hydrogen (secondary N) is 2. The monoisotopic (exact) mass is 404 g/mol. The number of rotatable bonds is 4. The van der Waals surface area contributed by atoms with Crippen molar-refractivity contribution in [3.63, 3.8) is 0 Å². The van der Waals surface area contributed by atoms with Crippen LogP contribution in [0.25, 0.3) is 20.5 Å². The fourth-order valence-corrected chi connectivity index (χ4v) is 4.56. The molecular formula is C23H24N4OS. The third kappa shape index (κ3) is 4.07. The van der Waals surface area contributed by atoms with E-state index in [1.807, 2.05) is 0 Å². The van der Waals surface area contributed by atoms with Gasteiger partial charge in [-0.05, 0) is 31.4 Å². The van der Waals surface area contributed by atoms with E-state index in [1.165, 1.54) is 16.8 Å². The number of aromatic nitrogens is 2. The summed E-state index contributed by atoms with van der Waals surface area (Å²) in [4.78, 5) is 13.4. The average molecular weight is 405 g/mol. The molecule has 148 valence electrons. The first-order valence-corrected chi connectivity index (χ1v) is 10.5. The van der Waals surface area contributed by atoms with E-state index in [0.717, 1.165) is 45.6 Å². The molecule has 0 radical (unpaired) electrons. The molecule has 0 bridgehead atoms. The summed E-state index contributed by atoms with van der Waals surface area (Å²) in [6.07, 6.45) is 4.85. The van der Waals surface area contributed by atoms with Gasteiger partial charge in [0.2, 0.25) is 0 Å². The van der Waals surface area contributed by atoms with Crippen LogP contribution in [0.2, 0.25) is 0 Å². The average Bonchev–Trinajstić information content (AvgIpc) is 3.18. The molecule has 0 atom stereocenters. The van der Waals surface area contributed by atoms with Crippen LogP contribution in [0.1, 0.15) is 34.6 Å². The van der Waals surface area contributed by atoms with Crippen LogP contribution in [0.5, 0.6) is 0 Å². The van der Waals surface area contributed by atoms with Crippen molar-refractivity contribution in [3.8, 4) is 10.4 Å². The molecule has 2 N–H and O–H groups in total. The van der Waals surface area contributed by atoms with Gasteiger partial charge in [0.25, 0.3) is 5.91 Å². The van der Waals surface area contributed by atoms with Gasteiger partial charge in [-0.3, -0.25) is 4.79 Å². The Morgan fingerprint density at radius 2 is 2.07 bits per heavy atom. The molecule has 0 spiro atoms. The topological polar surface area (TPSA) is 66.9 Å². The van der Waals surface area contributed by atoms with Crippen LogP contribution in [0.15, 0.2) is 54.3 Å². The van der Waals surface area contributed by atoms with Crippen molar-refractivity contribution in [3.05, 3.63) is 71.2 Å². The first-order valence-electron chi connectivity index (χ1n) is 9.73. The molecule has 1 fully saturated rings. The molecule has 6 heteroatoms. The van der Waals surface area contributed by atoms with E-state index in [2.05, 4.69) is 70.7 Å². The first-order chi connectivity index (χ1) is 14.0. The van der Waals surface area contributed by atoms with E-state index in [-0.39, 0.29) is 5.91 Å². The summed E-state index contributed by atoms with van der Waals surface area (Å²) >= 11 is 1.59. The van der Waals surface area contributed by atoms with Crippen molar-refractivity contribution in [2.24, 2.45) is 0 Å². The summed E-state index contributed by atoms with van der Waals surface area (Å²) < 4.78 is 0.883. The lowest BCUT2D eigenvalue weighted by Gasteiger charge is -2.18. The summed E-state index contributed by atoms with van der Waals surface area (Å²) in [6.45, 7) is 6.94. The van der Waals surface area contributed by atoms with Gasteiger partial charge in [-0.1, -0.05) is 48.1 Å². The fraction of sp³-hybridized carbons (Fsp3) is 0.261. The predicted octanol–water partition coefficient (Wildman–Crippen LogP) is 4.39. The van der Waals surface area contributed by atoms with Crippen LogP contribution < -0.4 is 10.6 Å². The Hall–Kier alpha value is -2.99. The second-order valence-electron chi connectivity index (χ2n) is 7.33. The molecule has 1 aliphatic heterocycles. The summed E-state index contributed by atoms with van der Waals surface area (Å²) in [6, 6.07) is 10.6. The zero-order valence-electron chi connectivity index (χ0n) is 16.7. The van der Waals surface area contributed by atoms with Crippen molar-refractivity contribution in [2.45, 2.75) is 26.2 Å². The lowest BCUT2D eigenvalue weighted by molar-refractivity contribution is 0.0959. The Balaban J connectivity index is 1.74. The number of aryl methyl sites for hydroxylation is 1. The van der Waals surface area contributed by atoms with Crippen LogP contribution in [0.3, 0.4) is 0 Å². The number of hydrogen-bond donors (Lipinski definition) is 2. The molecule has 1 amide bonds. The second-order valence-corrected chi connectivity index (χ2v) is 8.38. The van der Waals surface area contributed by atoms with Crippen LogP contribution in [-0.2, 0) is 6.42 Å². The van der Waals surface area contributed by atoms with E-state index in [4.69, 9.17) is 0 Å². The lowest BCUT2D eigenvalue weighted by atomic mass is 10.0. The van der Waals surface area contributed by atoms with Crippen molar-refractivity contribution in [1.29, 1.82) is 0 Å². The standard InChI is InChI=1S/C23H24N4OS/c1-14-4-7-16(8-5-14)20-12-18-19(11-10-17-9-6-15(2)13-25-17)26-27-21(22(18)29-20)23(28)24-3/h4-5,7-8,10,12,25H,2,6,9,11,13H2,1,3H3,(H,24,28)/b17-10+. The molecule has 3 aromatic rings. The van der Waals surface area contributed by atoms with Gasteiger partial charge in [-0.2, -0.15) is 5.10 Å². The molecule has 1 saturated heterocycles. The number of nitrogens with zero attached hydrogens (tertiary/aromatic N) is 2. The molecule has 1 aromatic carbocycles. The predicted molar refractivity (Wildman–Crippen MR) is 119 cm³/mol. The maximum absolute atomic E-state index is 12.3. The Morgan fingerprint density at radius 1 is 1.28 bits per heavy atom. The Labute approximate surface area is 174 Å². The first kappa shape index (κ1) is 19.3. The minimum Gasteiger partial charge on any atom is -0.385 e. The Kier molecular flexibility index (Phi) is 5.45. The second kappa shape index (κ2) is 8.17. The van der Waals surface area contributed by atoms with E-state index in [9.17, 15) is 4.79 Å². The molecule has 5 nitrogen and oxygen atoms in total. The quantitative estimate of drug-likeness (QED) is 0.633. The number of benzene rings is 1. The van der Waals surface area contributed by atoms with Crippen molar-refractivity contribution in [1.82, 2.24) is 20.8 Å². The van der Waals surface area contributed by atoms with Gasteiger partial charge in [0, 0.05) is 36.0 Å². The van der Waals surface area contributed by atoms with E-state index in [1.54, 1.807) is 18.4 Å². The molecule has 0 unspecified atom stereocenters. The van der Waals surface area contributed by atoms with Gasteiger partial charge in [0.1, 0.15) is 0 Å². The number of hydrogen-bond acceptors (Lipinski definition) is 5. The summed E-state index contributed by atoms with van der Waals surface area (Å²) in [5.41, 5.74) is 6.09. The molecule has 29 heavy (non-hydrogen) atoms. The number of allylic oxidation sites excluding steroid dienone is 2. The highest BCUT2D eigenvalue weighted by Gasteiger charge is 2.18. The number of carbonyl (C=O) groups is 1. The fourth-order valence-electron chi connectivity index (χ4n) is 3.39. The Morgan fingerprint density at radius 3 is 2.76 bits per heavy atom. The number of fused-ring (bicyclic) bond motifs is 1. The number of carbonyl (C=O) groups excluding carboxylic acids is 1. The minimum absolute atomic E-state index is 0.211. The molecule has 2 aromatic heterocycles. The van der Waals surface area contributed by atoms with Crippen molar-refractivity contribution in [2.75, 3.05) is 13.6 Å². The van der Waals surface area contributed by atoms with E-state index >= 15 is 0 Å². The molecule has 0 saturated carbocycles. The summed E-state index contributed by atoms with van der Waals surface area (Å²) in [5.74, 6) is -0.211. The van der Waals surface area contributed by atoms with Crippen LogP contribution in [-0.4, -0.2) is 29.7 Å². The van der Waals surface area contributed by atoms with Gasteiger partial charge < -0.3 is 10.6 Å². The zero-order chi connectivity index (χ0) is 20.4. The van der Waals surface area contributed by atoms with E-state index in [0.29, 0.717) is 12.1 Å². The van der Waals surface area contributed by atoms with Crippen LogP contribution in [0.4, 0.5) is 0 Å². The lowest BCUT2D eigenvalue weighted by Crippen LogP contribution is -2.22. The van der Waals surface area contributed by atoms with Gasteiger partial charge in [0.15, 0.2) is 5.69 Å². The van der Waals surface area contributed by atoms with Gasteiger partial charge >= 0.3 is 0 Å². The minimum atomic E-state index is -0.211. The maximum atomic E-state index is 12.3. The van der Waals surface area contributed by atoms with Crippen LogP contribution in [0, 0.1) is 6.92 Å². The molecule has 3 heterocycles. The maximum Gasteiger partial charge on any atom is 0.273 e. The third-order valence-electron chi connectivity index (χ3n) is 5.16. The van der Waals surface area contributed by atoms with Gasteiger partial charge in [-0.15, -0.1) is 16.4 Å². The van der Waals surface area contributed by atoms with Gasteiger partial charge in [-0.25, -0.2) is 0 Å². The van der Waals surface area contributed by atoms with Crippen molar-refractivity contribution < 1.29 is 4.79 Å². The Bertz CT molecular complexity index is 1100. The number of piperidine rings is 1. The molecule has 1 aliphatic rings. The number of thiophene rings is 1. The summed E-state index contributed by atoms with van der Waals surface area (Å²) in [7, 11) is 1.62. The van der Waals surface area contributed by atoms with Crippen LogP contribution >= 0.6 is 11.3 Å². The highest BCUT2D eigenvalue weighted by Crippen LogP contribution is 2.36. The molecule has 0 aliphatic carbocycles.